The number of aliphatic carboxylic acids is 2. The number of fused-ring (bicyclic) bond motifs is 2. The van der Waals surface area contributed by atoms with Crippen molar-refractivity contribution < 1.29 is 29.6 Å². The van der Waals surface area contributed by atoms with Gasteiger partial charge in [0.25, 0.3) is 0 Å². The Balaban J connectivity index is 0.000000366. The lowest BCUT2D eigenvalue weighted by Crippen LogP contribution is -2.43. The Hall–Kier alpha value is -3.16. The van der Waals surface area contributed by atoms with Crippen molar-refractivity contribution in [2.24, 2.45) is 5.92 Å². The summed E-state index contributed by atoms with van der Waals surface area (Å²) in [5.41, 5.74) is 0.685. The molecular formula is C24H29NO6. The van der Waals surface area contributed by atoms with Crippen LogP contribution in [0.1, 0.15) is 31.9 Å². The highest BCUT2D eigenvalue weighted by molar-refractivity contribution is 5.89. The minimum Gasteiger partial charge on any atom is -0.478 e. The Morgan fingerprint density at radius 3 is 1.74 bits per heavy atom. The number of rotatable bonds is 7. The summed E-state index contributed by atoms with van der Waals surface area (Å²) in [4.78, 5) is 21.5. The normalized spacial score (nSPS) is 14.6. The van der Waals surface area contributed by atoms with E-state index in [2.05, 4.69) is 25.7 Å². The molecule has 31 heavy (non-hydrogen) atoms. The highest BCUT2D eigenvalue weighted by Crippen LogP contribution is 2.50. The van der Waals surface area contributed by atoms with Crippen molar-refractivity contribution in [2.75, 3.05) is 19.6 Å². The van der Waals surface area contributed by atoms with Gasteiger partial charge < -0.3 is 25.0 Å². The van der Waals surface area contributed by atoms with Gasteiger partial charge in [-0.1, -0.05) is 57.2 Å². The van der Waals surface area contributed by atoms with Crippen molar-refractivity contribution >= 4 is 11.9 Å². The summed E-state index contributed by atoms with van der Waals surface area (Å²) in [6, 6.07) is 15.6. The van der Waals surface area contributed by atoms with Crippen LogP contribution in [0.5, 0.6) is 11.5 Å². The van der Waals surface area contributed by atoms with Gasteiger partial charge in [0.2, 0.25) is 0 Å². The summed E-state index contributed by atoms with van der Waals surface area (Å²) in [7, 11) is 0. The minimum atomic E-state index is -1.26. The molecule has 1 aliphatic heterocycles. The van der Waals surface area contributed by atoms with E-state index in [1.807, 2.05) is 48.5 Å². The Bertz CT molecular complexity index is 874. The fourth-order valence-electron chi connectivity index (χ4n) is 3.68. The first kappa shape index (κ1) is 24.1. The molecule has 0 aliphatic carbocycles. The van der Waals surface area contributed by atoms with E-state index in [9.17, 15) is 14.7 Å². The molecule has 7 nitrogen and oxygen atoms in total. The number of carbonyl (C=O) groups is 2. The van der Waals surface area contributed by atoms with E-state index in [1.165, 1.54) is 0 Å². The number of nitrogens with zero attached hydrogens (tertiary/aromatic N) is 1. The van der Waals surface area contributed by atoms with Crippen LogP contribution in [0.4, 0.5) is 0 Å². The molecule has 7 heteroatoms. The molecule has 0 saturated carbocycles. The maximum absolute atomic E-state index is 11.8. The third-order valence-electron chi connectivity index (χ3n) is 5.32. The summed E-state index contributed by atoms with van der Waals surface area (Å²) in [6.45, 7) is 9.25. The Labute approximate surface area is 182 Å². The second-order valence-electron chi connectivity index (χ2n) is 7.26. The molecule has 1 atom stereocenters. The molecule has 3 N–H and O–H groups in total. The molecule has 0 saturated heterocycles. The molecule has 2 aromatic carbocycles. The SMILES string of the molecule is CCN(CC)CC(C)C1(O)c2ccccc2Oc2ccccc21.O=C(O)/C=C\C(=O)O. The van der Waals surface area contributed by atoms with E-state index in [1.54, 1.807) is 0 Å². The first-order valence-electron chi connectivity index (χ1n) is 10.2. The van der Waals surface area contributed by atoms with Gasteiger partial charge in [-0.05, 0) is 25.2 Å². The largest absolute Gasteiger partial charge is 0.478 e. The second-order valence-corrected chi connectivity index (χ2v) is 7.26. The van der Waals surface area contributed by atoms with Crippen LogP contribution in [0.15, 0.2) is 60.7 Å². The van der Waals surface area contributed by atoms with Gasteiger partial charge in [-0.25, -0.2) is 9.59 Å². The van der Waals surface area contributed by atoms with Gasteiger partial charge in [0.1, 0.15) is 17.1 Å². The molecule has 0 spiro atoms. The zero-order chi connectivity index (χ0) is 23.0. The third kappa shape index (κ3) is 5.71. The van der Waals surface area contributed by atoms with Gasteiger partial charge in [0, 0.05) is 35.7 Å². The zero-order valence-electron chi connectivity index (χ0n) is 18.0. The highest BCUT2D eigenvalue weighted by atomic mass is 16.5. The van der Waals surface area contributed by atoms with Gasteiger partial charge >= 0.3 is 11.9 Å². The number of carboxylic acids is 2. The summed E-state index contributed by atoms with van der Waals surface area (Å²) < 4.78 is 6.01. The summed E-state index contributed by atoms with van der Waals surface area (Å²) in [5.74, 6) is -0.964. The Kier molecular flexibility index (Phi) is 8.36. The standard InChI is InChI=1S/C20H25NO2.C4H4O4/c1-4-21(5-2)14-15(3)20(22)16-10-6-8-12-18(16)23-19-13-9-7-11-17(19)20;5-3(6)1-2-4(7)8/h6-13,15,22H,4-5,14H2,1-3H3;1-2H,(H,5,6)(H,7,8)/b;2-1-. The number of hydrogen-bond donors (Lipinski definition) is 3. The summed E-state index contributed by atoms with van der Waals surface area (Å²) in [5, 5.41) is 27.4. The van der Waals surface area contributed by atoms with Crippen LogP contribution in [-0.2, 0) is 15.2 Å². The van der Waals surface area contributed by atoms with E-state index in [0.29, 0.717) is 12.2 Å². The molecule has 1 unspecified atom stereocenters. The van der Waals surface area contributed by atoms with Crippen molar-refractivity contribution in [1.29, 1.82) is 0 Å². The van der Waals surface area contributed by atoms with Crippen LogP contribution in [0.2, 0.25) is 0 Å². The van der Waals surface area contributed by atoms with Gasteiger partial charge in [0.15, 0.2) is 0 Å². The van der Waals surface area contributed by atoms with Crippen molar-refractivity contribution in [3.05, 3.63) is 71.8 Å². The summed E-state index contributed by atoms with van der Waals surface area (Å²) >= 11 is 0. The van der Waals surface area contributed by atoms with Crippen molar-refractivity contribution in [1.82, 2.24) is 4.90 Å². The van der Waals surface area contributed by atoms with Crippen LogP contribution in [0, 0.1) is 5.92 Å². The topological polar surface area (TPSA) is 107 Å². The Morgan fingerprint density at radius 1 is 0.935 bits per heavy atom. The minimum absolute atomic E-state index is 0.0496. The monoisotopic (exact) mass is 427 g/mol. The van der Waals surface area contributed by atoms with Crippen LogP contribution < -0.4 is 4.74 Å². The summed E-state index contributed by atoms with van der Waals surface area (Å²) in [6.07, 6.45) is 1.12. The number of aliphatic hydroxyl groups is 1. The Morgan fingerprint density at radius 2 is 1.35 bits per heavy atom. The molecular weight excluding hydrogens is 398 g/mol. The fraction of sp³-hybridized carbons (Fsp3) is 0.333. The zero-order valence-corrected chi connectivity index (χ0v) is 18.0. The van der Waals surface area contributed by atoms with E-state index < -0.39 is 17.5 Å². The second kappa shape index (κ2) is 10.7. The quantitative estimate of drug-likeness (QED) is 0.578. The number of para-hydroxylation sites is 2. The molecule has 3 rings (SSSR count). The van der Waals surface area contributed by atoms with Gasteiger partial charge in [-0.2, -0.15) is 0 Å². The molecule has 0 amide bonds. The first-order valence-corrected chi connectivity index (χ1v) is 10.2. The fourth-order valence-corrected chi connectivity index (χ4v) is 3.68. The van der Waals surface area contributed by atoms with Crippen LogP contribution >= 0.6 is 0 Å². The van der Waals surface area contributed by atoms with Crippen LogP contribution in [0.25, 0.3) is 0 Å². The average molecular weight is 427 g/mol. The lowest BCUT2D eigenvalue weighted by atomic mass is 9.74. The molecule has 1 aliphatic rings. The van der Waals surface area contributed by atoms with Gasteiger partial charge in [0.05, 0.1) is 0 Å². The molecule has 166 valence electrons. The molecule has 2 aromatic rings. The molecule has 0 fully saturated rings. The molecule has 0 bridgehead atoms. The number of hydrogen-bond acceptors (Lipinski definition) is 5. The van der Waals surface area contributed by atoms with Crippen molar-refractivity contribution in [2.45, 2.75) is 26.4 Å². The maximum Gasteiger partial charge on any atom is 0.328 e. The first-order chi connectivity index (χ1) is 14.7. The molecule has 0 aromatic heterocycles. The van der Waals surface area contributed by atoms with Crippen molar-refractivity contribution in [3.8, 4) is 11.5 Å². The van der Waals surface area contributed by atoms with Gasteiger partial charge in [-0.15, -0.1) is 0 Å². The third-order valence-corrected chi connectivity index (χ3v) is 5.32. The number of benzene rings is 2. The number of carboxylic acid groups (broad SMARTS) is 2. The van der Waals surface area contributed by atoms with E-state index in [4.69, 9.17) is 14.9 Å². The van der Waals surface area contributed by atoms with E-state index >= 15 is 0 Å². The van der Waals surface area contributed by atoms with Crippen LogP contribution in [-0.4, -0.2) is 51.8 Å². The van der Waals surface area contributed by atoms with Crippen molar-refractivity contribution in [3.63, 3.8) is 0 Å². The molecule has 1 heterocycles. The molecule has 0 radical (unpaired) electrons. The number of ether oxygens (including phenoxy) is 1. The predicted molar refractivity (Wildman–Crippen MR) is 117 cm³/mol. The highest BCUT2D eigenvalue weighted by Gasteiger charge is 2.44. The van der Waals surface area contributed by atoms with E-state index in [0.717, 1.165) is 42.3 Å². The maximum atomic E-state index is 11.8. The predicted octanol–water partition coefficient (Wildman–Crippen LogP) is 3.72. The lowest BCUT2D eigenvalue weighted by molar-refractivity contribution is -0.134. The van der Waals surface area contributed by atoms with E-state index in [-0.39, 0.29) is 5.92 Å². The smallest absolute Gasteiger partial charge is 0.328 e. The van der Waals surface area contributed by atoms with Gasteiger partial charge in [-0.3, -0.25) is 0 Å². The average Bonchev–Trinajstić information content (AvgIpc) is 2.76. The lowest BCUT2D eigenvalue weighted by Gasteiger charge is -2.41. The van der Waals surface area contributed by atoms with Crippen LogP contribution in [0.3, 0.4) is 0 Å².